The first-order valence-electron chi connectivity index (χ1n) is 10.9. The average Bonchev–Trinajstić information content (AvgIpc) is 2.82. The fourth-order valence-corrected chi connectivity index (χ4v) is 4.13. The van der Waals surface area contributed by atoms with Crippen molar-refractivity contribution >= 4 is 23.2 Å². The number of ether oxygens (including phenoxy) is 1. The van der Waals surface area contributed by atoms with Crippen LogP contribution in [0.1, 0.15) is 36.5 Å². The number of hydrogen-bond donors (Lipinski definition) is 1. The highest BCUT2D eigenvalue weighted by Crippen LogP contribution is 2.43. The van der Waals surface area contributed by atoms with E-state index in [1.165, 1.54) is 0 Å². The molecule has 0 aliphatic carbocycles. The lowest BCUT2D eigenvalue weighted by Crippen LogP contribution is -2.19. The second kappa shape index (κ2) is 10.0. The Kier molecular flexibility index (Phi) is 7.22. The molecule has 0 atom stereocenters. The van der Waals surface area contributed by atoms with Gasteiger partial charge in [0.25, 0.3) is 0 Å². The van der Waals surface area contributed by atoms with E-state index in [0.717, 1.165) is 29.0 Å². The number of halogens is 4. The molecule has 0 aliphatic heterocycles. The molecule has 0 bridgehead atoms. The zero-order chi connectivity index (χ0) is 26.2. The van der Waals surface area contributed by atoms with Crippen molar-refractivity contribution in [2.45, 2.75) is 39.9 Å². The lowest BCUT2D eigenvalue weighted by Gasteiger charge is -2.18. The van der Waals surface area contributed by atoms with Crippen LogP contribution < -0.4 is 4.74 Å². The molecule has 1 N–H and O–H groups in total. The van der Waals surface area contributed by atoms with Gasteiger partial charge in [-0.1, -0.05) is 23.2 Å². The molecule has 36 heavy (non-hydrogen) atoms. The number of hydrogen-bond acceptors (Lipinski definition) is 6. The van der Waals surface area contributed by atoms with Crippen LogP contribution in [0, 0.1) is 25.5 Å². The number of pyridine rings is 2. The van der Waals surface area contributed by atoms with E-state index in [4.69, 9.17) is 27.9 Å². The van der Waals surface area contributed by atoms with Crippen LogP contribution >= 0.6 is 23.2 Å². The summed E-state index contributed by atoms with van der Waals surface area (Å²) in [5.41, 5.74) is 2.90. The normalized spacial score (nSPS) is 11.6. The summed E-state index contributed by atoms with van der Waals surface area (Å²) >= 11 is 13.2. The first-order valence-corrected chi connectivity index (χ1v) is 11.7. The monoisotopic (exact) mass is 530 g/mol. The van der Waals surface area contributed by atoms with Gasteiger partial charge in [0.1, 0.15) is 34.5 Å². The fourth-order valence-electron chi connectivity index (χ4n) is 3.58. The van der Waals surface area contributed by atoms with Crippen molar-refractivity contribution in [1.82, 2.24) is 19.9 Å². The summed E-state index contributed by atoms with van der Waals surface area (Å²) < 4.78 is 32.7. The molecule has 0 fully saturated rings. The Hall–Kier alpha value is -3.20. The number of aryl methyl sites for hydroxylation is 2. The predicted molar refractivity (Wildman–Crippen MR) is 134 cm³/mol. The molecule has 6 nitrogen and oxygen atoms in total. The molecule has 186 valence electrons. The van der Waals surface area contributed by atoms with Gasteiger partial charge in [-0.3, -0.25) is 9.97 Å². The molecule has 4 aromatic rings. The van der Waals surface area contributed by atoms with E-state index < -0.39 is 17.2 Å². The zero-order valence-electron chi connectivity index (χ0n) is 19.9. The molecule has 3 aromatic heterocycles. The second-order valence-electron chi connectivity index (χ2n) is 8.77. The Morgan fingerprint density at radius 2 is 1.69 bits per heavy atom. The van der Waals surface area contributed by atoms with E-state index in [1.54, 1.807) is 38.4 Å². The average molecular weight is 531 g/mol. The first-order chi connectivity index (χ1) is 17.0. The maximum atomic E-state index is 13.9. The van der Waals surface area contributed by atoms with Crippen LogP contribution in [0.2, 0.25) is 10.0 Å². The molecule has 0 aliphatic rings. The van der Waals surface area contributed by atoms with Crippen molar-refractivity contribution < 1.29 is 18.6 Å². The molecule has 0 amide bonds. The molecule has 10 heteroatoms. The van der Waals surface area contributed by atoms with Crippen LogP contribution in [-0.4, -0.2) is 25.0 Å². The highest BCUT2D eigenvalue weighted by Gasteiger charge is 2.22. The summed E-state index contributed by atoms with van der Waals surface area (Å²) in [4.78, 5) is 16.8. The number of rotatable bonds is 6. The molecule has 1 aromatic carbocycles. The Labute approximate surface area is 217 Å². The summed E-state index contributed by atoms with van der Waals surface area (Å²) in [6, 6.07) is 5.98. The molecule has 0 unspecified atom stereocenters. The van der Waals surface area contributed by atoms with Crippen molar-refractivity contribution in [2.75, 3.05) is 0 Å². The van der Waals surface area contributed by atoms with Crippen molar-refractivity contribution in [3.63, 3.8) is 0 Å². The van der Waals surface area contributed by atoms with E-state index in [-0.39, 0.29) is 33.9 Å². The number of nitrogens with zero attached hydrogens (tertiary/aromatic N) is 4. The standard InChI is InChI=1S/C26H22Cl2F2N4O2/c1-13-7-21(36-12-20-17(30)8-15(29)11-33-20)23(27)24(28)22(13)16-9-19(32-10-14(16)2)18-5-6-31-25(34-18)26(3,4)35/h5-11,35H,12H2,1-4H3. The molecule has 0 spiro atoms. The maximum absolute atomic E-state index is 13.9. The SMILES string of the molecule is Cc1cnc(-c2ccnc(C(C)(C)O)n2)cc1-c1c(C)cc(OCc2ncc(F)cc2F)c(Cl)c1Cl. The molecule has 3 heterocycles. The quantitative estimate of drug-likeness (QED) is 0.302. The van der Waals surface area contributed by atoms with Gasteiger partial charge < -0.3 is 9.84 Å². The van der Waals surface area contributed by atoms with Gasteiger partial charge in [-0.2, -0.15) is 0 Å². The number of aliphatic hydroxyl groups is 1. The smallest absolute Gasteiger partial charge is 0.160 e. The van der Waals surface area contributed by atoms with Crippen molar-refractivity contribution in [1.29, 1.82) is 0 Å². The Morgan fingerprint density at radius 3 is 2.39 bits per heavy atom. The van der Waals surface area contributed by atoms with Gasteiger partial charge in [-0.05, 0) is 62.6 Å². The van der Waals surface area contributed by atoms with Gasteiger partial charge in [0.2, 0.25) is 0 Å². The van der Waals surface area contributed by atoms with Crippen LogP contribution in [0.4, 0.5) is 8.78 Å². The largest absolute Gasteiger partial charge is 0.486 e. The molecule has 0 radical (unpaired) electrons. The Bertz CT molecular complexity index is 1460. The Morgan fingerprint density at radius 1 is 0.944 bits per heavy atom. The summed E-state index contributed by atoms with van der Waals surface area (Å²) in [7, 11) is 0. The minimum atomic E-state index is -1.21. The van der Waals surface area contributed by atoms with Crippen LogP contribution in [0.3, 0.4) is 0 Å². The summed E-state index contributed by atoms with van der Waals surface area (Å²) in [6.07, 6.45) is 4.18. The molecular weight excluding hydrogens is 509 g/mol. The Balaban J connectivity index is 1.71. The van der Waals surface area contributed by atoms with E-state index in [1.807, 2.05) is 19.9 Å². The zero-order valence-corrected chi connectivity index (χ0v) is 21.4. The fraction of sp³-hybridized carbons (Fsp3) is 0.231. The minimum absolute atomic E-state index is 0.0600. The van der Waals surface area contributed by atoms with Crippen LogP contribution in [0.5, 0.6) is 5.75 Å². The van der Waals surface area contributed by atoms with E-state index in [0.29, 0.717) is 17.0 Å². The molecular formula is C26H22Cl2F2N4O2. The van der Waals surface area contributed by atoms with E-state index in [2.05, 4.69) is 19.9 Å². The lowest BCUT2D eigenvalue weighted by atomic mass is 9.96. The predicted octanol–water partition coefficient (Wildman–Crippen LogP) is 6.61. The summed E-state index contributed by atoms with van der Waals surface area (Å²) in [5, 5.41) is 10.7. The number of aromatic nitrogens is 4. The lowest BCUT2D eigenvalue weighted by molar-refractivity contribution is 0.0688. The van der Waals surface area contributed by atoms with Gasteiger partial charge in [0.05, 0.1) is 22.6 Å². The van der Waals surface area contributed by atoms with E-state index >= 15 is 0 Å². The van der Waals surface area contributed by atoms with Gasteiger partial charge in [-0.15, -0.1) is 0 Å². The van der Waals surface area contributed by atoms with Crippen molar-refractivity contribution in [3.8, 4) is 28.3 Å². The van der Waals surface area contributed by atoms with Crippen molar-refractivity contribution in [3.05, 3.63) is 87.2 Å². The van der Waals surface area contributed by atoms with Gasteiger partial charge in [0.15, 0.2) is 11.6 Å². The molecule has 0 saturated carbocycles. The third kappa shape index (κ3) is 5.31. The van der Waals surface area contributed by atoms with Gasteiger partial charge in [0, 0.05) is 24.0 Å². The van der Waals surface area contributed by atoms with Gasteiger partial charge >= 0.3 is 0 Å². The highest BCUT2D eigenvalue weighted by molar-refractivity contribution is 6.44. The van der Waals surface area contributed by atoms with Gasteiger partial charge in [-0.25, -0.2) is 18.7 Å². The van der Waals surface area contributed by atoms with Crippen LogP contribution in [-0.2, 0) is 12.2 Å². The third-order valence-electron chi connectivity index (χ3n) is 5.46. The van der Waals surface area contributed by atoms with Crippen LogP contribution in [0.25, 0.3) is 22.5 Å². The highest BCUT2D eigenvalue weighted by atomic mass is 35.5. The second-order valence-corrected chi connectivity index (χ2v) is 9.53. The molecule has 0 saturated heterocycles. The number of benzene rings is 1. The van der Waals surface area contributed by atoms with Crippen molar-refractivity contribution in [2.24, 2.45) is 0 Å². The summed E-state index contributed by atoms with van der Waals surface area (Å²) in [5.74, 6) is -1.08. The minimum Gasteiger partial charge on any atom is -0.486 e. The first kappa shape index (κ1) is 25.9. The maximum Gasteiger partial charge on any atom is 0.160 e. The summed E-state index contributed by atoms with van der Waals surface area (Å²) in [6.45, 7) is 6.70. The van der Waals surface area contributed by atoms with E-state index in [9.17, 15) is 13.9 Å². The molecule has 4 rings (SSSR count). The van der Waals surface area contributed by atoms with Crippen LogP contribution in [0.15, 0.2) is 42.9 Å². The third-order valence-corrected chi connectivity index (χ3v) is 6.31. The topological polar surface area (TPSA) is 81.0 Å².